The van der Waals surface area contributed by atoms with Gasteiger partial charge < -0.3 is 15.1 Å². The maximum Gasteiger partial charge on any atom is 0.248 e. The number of aromatic hydroxyl groups is 1. The first-order valence-corrected chi connectivity index (χ1v) is 4.99. The van der Waals surface area contributed by atoms with Gasteiger partial charge in [0.2, 0.25) is 5.56 Å². The number of aryl methyl sites for hydroxylation is 1. The fraction of sp³-hybridized carbons (Fsp3) is 0.0833. The molecule has 4 heteroatoms. The first-order valence-electron chi connectivity index (χ1n) is 4.99. The largest absolute Gasteiger partial charge is 0.508 e. The minimum absolute atomic E-state index is 0.130. The summed E-state index contributed by atoms with van der Waals surface area (Å²) in [6.45, 7) is 1.85. The second-order valence-corrected chi connectivity index (χ2v) is 3.90. The molecule has 0 atom stereocenters. The lowest BCUT2D eigenvalue weighted by Crippen LogP contribution is -2.04. The van der Waals surface area contributed by atoms with Gasteiger partial charge in [0.25, 0.3) is 0 Å². The van der Waals surface area contributed by atoms with E-state index < -0.39 is 0 Å². The van der Waals surface area contributed by atoms with Gasteiger partial charge in [0, 0.05) is 28.0 Å². The van der Waals surface area contributed by atoms with Crippen molar-refractivity contribution in [3.05, 3.63) is 40.3 Å². The fourth-order valence-electron chi connectivity index (χ4n) is 2.06. The van der Waals surface area contributed by atoms with E-state index in [2.05, 4.69) is 9.97 Å². The molecule has 2 heterocycles. The van der Waals surface area contributed by atoms with Crippen LogP contribution in [-0.2, 0) is 0 Å². The summed E-state index contributed by atoms with van der Waals surface area (Å²) in [5, 5.41) is 11.2. The number of rotatable bonds is 0. The van der Waals surface area contributed by atoms with Crippen molar-refractivity contribution in [1.82, 2.24) is 9.97 Å². The van der Waals surface area contributed by atoms with Crippen molar-refractivity contribution in [2.75, 3.05) is 0 Å². The number of pyridine rings is 1. The zero-order chi connectivity index (χ0) is 11.3. The van der Waals surface area contributed by atoms with Crippen molar-refractivity contribution in [3.63, 3.8) is 0 Å². The molecule has 0 aliphatic rings. The zero-order valence-corrected chi connectivity index (χ0v) is 8.66. The molecule has 0 saturated heterocycles. The van der Waals surface area contributed by atoms with E-state index in [1.165, 1.54) is 0 Å². The average Bonchev–Trinajstić information content (AvgIpc) is 2.57. The Morgan fingerprint density at radius 2 is 1.94 bits per heavy atom. The monoisotopic (exact) mass is 214 g/mol. The lowest BCUT2D eigenvalue weighted by atomic mass is 10.1. The summed E-state index contributed by atoms with van der Waals surface area (Å²) in [5.74, 6) is 0.200. The third kappa shape index (κ3) is 1.13. The molecule has 3 aromatic rings. The maximum absolute atomic E-state index is 11.4. The van der Waals surface area contributed by atoms with Crippen molar-refractivity contribution in [3.8, 4) is 5.75 Å². The van der Waals surface area contributed by atoms with Crippen molar-refractivity contribution in [2.24, 2.45) is 0 Å². The number of phenols is 1. The Morgan fingerprint density at radius 3 is 2.75 bits per heavy atom. The molecule has 0 saturated carbocycles. The number of hydrogen-bond acceptors (Lipinski definition) is 2. The van der Waals surface area contributed by atoms with Crippen LogP contribution >= 0.6 is 0 Å². The van der Waals surface area contributed by atoms with E-state index in [9.17, 15) is 9.90 Å². The highest BCUT2D eigenvalue weighted by Gasteiger charge is 2.07. The summed E-state index contributed by atoms with van der Waals surface area (Å²) in [4.78, 5) is 17.4. The number of nitrogens with one attached hydrogen (secondary N) is 2. The summed E-state index contributed by atoms with van der Waals surface area (Å²) >= 11 is 0. The lowest BCUT2D eigenvalue weighted by molar-refractivity contribution is 0.476. The Hall–Kier alpha value is -2.23. The molecule has 0 aliphatic carbocycles. The maximum atomic E-state index is 11.4. The predicted molar refractivity (Wildman–Crippen MR) is 62.8 cm³/mol. The van der Waals surface area contributed by atoms with E-state index in [1.807, 2.05) is 6.92 Å². The number of benzene rings is 1. The van der Waals surface area contributed by atoms with Crippen LogP contribution in [0.5, 0.6) is 5.75 Å². The van der Waals surface area contributed by atoms with Crippen molar-refractivity contribution < 1.29 is 5.11 Å². The first-order chi connectivity index (χ1) is 7.65. The molecule has 0 amide bonds. The molecule has 0 aliphatic heterocycles. The zero-order valence-electron chi connectivity index (χ0n) is 8.66. The number of phenolic OH excluding ortho intramolecular Hbond substituents is 1. The van der Waals surface area contributed by atoms with Gasteiger partial charge in [-0.25, -0.2) is 0 Å². The summed E-state index contributed by atoms with van der Waals surface area (Å²) in [6, 6.07) is 6.62. The number of hydrogen-bond donors (Lipinski definition) is 3. The Morgan fingerprint density at radius 1 is 1.12 bits per heavy atom. The molecule has 80 valence electrons. The van der Waals surface area contributed by atoms with Crippen LogP contribution < -0.4 is 5.56 Å². The molecule has 0 spiro atoms. The van der Waals surface area contributed by atoms with E-state index in [4.69, 9.17) is 0 Å². The summed E-state index contributed by atoms with van der Waals surface area (Å²) in [7, 11) is 0. The van der Waals surface area contributed by atoms with Gasteiger partial charge >= 0.3 is 0 Å². The highest BCUT2D eigenvalue weighted by atomic mass is 16.3. The van der Waals surface area contributed by atoms with Crippen LogP contribution in [0, 0.1) is 6.92 Å². The molecule has 1 aromatic carbocycles. The van der Waals surface area contributed by atoms with Gasteiger partial charge in [-0.05, 0) is 25.1 Å². The van der Waals surface area contributed by atoms with Gasteiger partial charge in [-0.2, -0.15) is 0 Å². The average molecular weight is 214 g/mol. The van der Waals surface area contributed by atoms with Crippen molar-refractivity contribution in [1.29, 1.82) is 0 Å². The molecular weight excluding hydrogens is 204 g/mol. The molecule has 0 bridgehead atoms. The lowest BCUT2D eigenvalue weighted by Gasteiger charge is -1.94. The van der Waals surface area contributed by atoms with Gasteiger partial charge in [0.15, 0.2) is 0 Å². The van der Waals surface area contributed by atoms with Crippen LogP contribution in [0.4, 0.5) is 0 Å². The number of fused-ring (bicyclic) bond motifs is 3. The molecule has 0 radical (unpaired) electrons. The smallest absolute Gasteiger partial charge is 0.248 e. The Labute approximate surface area is 90.5 Å². The van der Waals surface area contributed by atoms with Gasteiger partial charge in [-0.3, -0.25) is 4.79 Å². The minimum atomic E-state index is -0.130. The number of aromatic amines is 2. The van der Waals surface area contributed by atoms with Crippen molar-refractivity contribution >= 4 is 21.8 Å². The topological polar surface area (TPSA) is 68.9 Å². The van der Waals surface area contributed by atoms with E-state index >= 15 is 0 Å². The quantitative estimate of drug-likeness (QED) is 0.536. The molecule has 3 N–H and O–H groups in total. The standard InChI is InChI=1S/C12H10N2O2/c1-6-12-9(5-11(16)13-6)8-4-7(15)2-3-10(8)14-12/h2-5,14-15H,1H3,(H,13,16). The molecule has 0 unspecified atom stereocenters. The van der Waals surface area contributed by atoms with Gasteiger partial charge in [0.1, 0.15) is 5.75 Å². The highest BCUT2D eigenvalue weighted by Crippen LogP contribution is 2.28. The van der Waals surface area contributed by atoms with Crippen LogP contribution in [0.3, 0.4) is 0 Å². The van der Waals surface area contributed by atoms with Crippen LogP contribution in [0.25, 0.3) is 21.8 Å². The molecule has 3 rings (SSSR count). The van der Waals surface area contributed by atoms with Crippen LogP contribution in [0.2, 0.25) is 0 Å². The Bertz CT molecular complexity index is 753. The molecule has 16 heavy (non-hydrogen) atoms. The molecule has 4 nitrogen and oxygen atoms in total. The van der Waals surface area contributed by atoms with Gasteiger partial charge in [-0.1, -0.05) is 0 Å². The minimum Gasteiger partial charge on any atom is -0.508 e. The van der Waals surface area contributed by atoms with Crippen LogP contribution in [-0.4, -0.2) is 15.1 Å². The normalized spacial score (nSPS) is 11.3. The van der Waals surface area contributed by atoms with E-state index in [0.29, 0.717) is 0 Å². The Balaban J connectivity index is 2.62. The predicted octanol–water partition coefficient (Wildman–Crippen LogP) is 2.02. The number of H-pyrrole nitrogens is 2. The number of aromatic nitrogens is 2. The summed E-state index contributed by atoms with van der Waals surface area (Å²) < 4.78 is 0. The molecule has 2 aromatic heterocycles. The van der Waals surface area contributed by atoms with E-state index in [-0.39, 0.29) is 11.3 Å². The third-order valence-electron chi connectivity index (χ3n) is 2.78. The van der Waals surface area contributed by atoms with Crippen LogP contribution in [0.1, 0.15) is 5.69 Å². The summed E-state index contributed by atoms with van der Waals surface area (Å²) in [6.07, 6.45) is 0. The highest BCUT2D eigenvalue weighted by molar-refractivity contribution is 6.08. The summed E-state index contributed by atoms with van der Waals surface area (Å²) in [5.41, 5.74) is 2.49. The van der Waals surface area contributed by atoms with E-state index in [0.717, 1.165) is 27.5 Å². The molecular formula is C12H10N2O2. The molecule has 0 fully saturated rings. The first kappa shape index (κ1) is 9.03. The van der Waals surface area contributed by atoms with E-state index in [1.54, 1.807) is 24.3 Å². The van der Waals surface area contributed by atoms with Gasteiger partial charge in [0.05, 0.1) is 5.52 Å². The third-order valence-corrected chi connectivity index (χ3v) is 2.78. The van der Waals surface area contributed by atoms with Gasteiger partial charge in [-0.15, -0.1) is 0 Å². The van der Waals surface area contributed by atoms with Crippen molar-refractivity contribution in [2.45, 2.75) is 6.92 Å². The fourth-order valence-corrected chi connectivity index (χ4v) is 2.06. The Kier molecular flexibility index (Phi) is 1.63. The second-order valence-electron chi connectivity index (χ2n) is 3.90. The second kappa shape index (κ2) is 2.88. The SMILES string of the molecule is Cc1[nH]c(=O)cc2c1[nH]c1ccc(O)cc12. The van der Waals surface area contributed by atoms with Crippen LogP contribution in [0.15, 0.2) is 29.1 Å².